The maximum absolute atomic E-state index is 12.8. The Hall–Kier alpha value is -1.37. The third kappa shape index (κ3) is 4.34. The van der Waals surface area contributed by atoms with Crippen LogP contribution in [0.1, 0.15) is 0 Å². The fourth-order valence-corrected chi connectivity index (χ4v) is 2.22. The van der Waals surface area contributed by atoms with Crippen molar-refractivity contribution in [2.45, 2.75) is 5.16 Å². The van der Waals surface area contributed by atoms with E-state index in [1.807, 2.05) is 0 Å². The summed E-state index contributed by atoms with van der Waals surface area (Å²) in [6, 6.07) is 6.26. The number of hydrogen-bond acceptors (Lipinski definition) is 4. The quantitative estimate of drug-likeness (QED) is 0.604. The lowest BCUT2D eigenvalue weighted by atomic mass is 10.2. The fraction of sp³-hybridized carbons (Fsp3) is 0.308. The normalized spacial score (nSPS) is 10.8. The van der Waals surface area contributed by atoms with Crippen molar-refractivity contribution in [2.24, 2.45) is 0 Å². The van der Waals surface area contributed by atoms with E-state index in [1.54, 1.807) is 30.1 Å². The van der Waals surface area contributed by atoms with E-state index in [0.717, 1.165) is 22.2 Å². The molecule has 2 aromatic rings. The third-order valence-electron chi connectivity index (χ3n) is 2.41. The summed E-state index contributed by atoms with van der Waals surface area (Å²) in [6.45, 7) is 0.970. The molecule has 2 N–H and O–H groups in total. The van der Waals surface area contributed by atoms with Crippen LogP contribution in [0.2, 0.25) is 0 Å². The van der Waals surface area contributed by atoms with Crippen LogP contribution in [0.4, 0.5) is 4.39 Å². The summed E-state index contributed by atoms with van der Waals surface area (Å²) >= 11 is 1.54. The predicted molar refractivity (Wildman–Crippen MR) is 72.6 cm³/mol. The lowest BCUT2D eigenvalue weighted by molar-refractivity contribution is 0.103. The van der Waals surface area contributed by atoms with Crippen LogP contribution in [0, 0.1) is 5.82 Å². The van der Waals surface area contributed by atoms with E-state index in [4.69, 9.17) is 9.84 Å². The van der Waals surface area contributed by atoms with Crippen LogP contribution in [0.15, 0.2) is 35.6 Å². The molecule has 0 radical (unpaired) electrons. The van der Waals surface area contributed by atoms with Gasteiger partial charge in [0.05, 0.1) is 31.7 Å². The van der Waals surface area contributed by atoms with Crippen LogP contribution in [-0.2, 0) is 4.74 Å². The third-order valence-corrected chi connectivity index (χ3v) is 3.26. The van der Waals surface area contributed by atoms with E-state index in [0.29, 0.717) is 13.2 Å². The number of aliphatic hydroxyl groups excluding tert-OH is 1. The summed E-state index contributed by atoms with van der Waals surface area (Å²) in [5.74, 6) is 0.509. The van der Waals surface area contributed by atoms with Gasteiger partial charge in [-0.25, -0.2) is 9.37 Å². The van der Waals surface area contributed by atoms with Gasteiger partial charge in [0.1, 0.15) is 5.82 Å². The Morgan fingerprint density at radius 3 is 2.79 bits per heavy atom. The Morgan fingerprint density at radius 2 is 2.05 bits per heavy atom. The Balaban J connectivity index is 1.86. The Morgan fingerprint density at radius 1 is 1.26 bits per heavy atom. The predicted octanol–water partition coefficient (Wildman–Crippen LogP) is 2.32. The van der Waals surface area contributed by atoms with E-state index in [2.05, 4.69) is 9.97 Å². The summed E-state index contributed by atoms with van der Waals surface area (Å²) in [5.41, 5.74) is 1.76. The molecule has 6 heteroatoms. The number of benzene rings is 1. The van der Waals surface area contributed by atoms with Gasteiger partial charge in [-0.05, 0) is 29.8 Å². The summed E-state index contributed by atoms with van der Waals surface area (Å²) in [6.07, 6.45) is 1.73. The number of imidazole rings is 1. The highest BCUT2D eigenvalue weighted by molar-refractivity contribution is 7.99. The highest BCUT2D eigenvalue weighted by Gasteiger charge is 2.04. The van der Waals surface area contributed by atoms with Crippen molar-refractivity contribution in [3.05, 3.63) is 36.3 Å². The minimum atomic E-state index is -0.251. The Kier molecular flexibility index (Phi) is 5.38. The highest BCUT2D eigenvalue weighted by atomic mass is 32.2. The first-order valence-electron chi connectivity index (χ1n) is 5.92. The van der Waals surface area contributed by atoms with Crippen molar-refractivity contribution in [1.82, 2.24) is 9.97 Å². The van der Waals surface area contributed by atoms with Gasteiger partial charge in [0.15, 0.2) is 5.16 Å². The van der Waals surface area contributed by atoms with Gasteiger partial charge in [-0.15, -0.1) is 0 Å². The minimum absolute atomic E-state index is 0.0418. The Bertz CT molecular complexity index is 502. The molecule has 1 aromatic heterocycles. The number of aromatic nitrogens is 2. The number of ether oxygens (including phenoxy) is 1. The van der Waals surface area contributed by atoms with E-state index in [9.17, 15) is 4.39 Å². The zero-order valence-electron chi connectivity index (χ0n) is 10.3. The molecule has 0 aliphatic carbocycles. The molecule has 102 valence electrons. The molecule has 0 amide bonds. The van der Waals surface area contributed by atoms with Crippen molar-refractivity contribution in [3.8, 4) is 11.3 Å². The van der Waals surface area contributed by atoms with Crippen molar-refractivity contribution < 1.29 is 14.2 Å². The average molecular weight is 282 g/mol. The molecular formula is C13H15FN2O2S. The topological polar surface area (TPSA) is 58.1 Å². The summed E-state index contributed by atoms with van der Waals surface area (Å²) in [5, 5.41) is 9.35. The SMILES string of the molecule is OCCOCCSc1ncc(-c2ccc(F)cc2)[nH]1. The summed E-state index contributed by atoms with van der Waals surface area (Å²) < 4.78 is 18.0. The number of thioether (sulfide) groups is 1. The van der Waals surface area contributed by atoms with E-state index >= 15 is 0 Å². The number of nitrogens with zero attached hydrogens (tertiary/aromatic N) is 1. The van der Waals surface area contributed by atoms with E-state index < -0.39 is 0 Å². The molecule has 0 aliphatic rings. The van der Waals surface area contributed by atoms with Gasteiger partial charge in [-0.2, -0.15) is 0 Å². The average Bonchev–Trinajstić information content (AvgIpc) is 2.88. The first-order valence-corrected chi connectivity index (χ1v) is 6.90. The van der Waals surface area contributed by atoms with E-state index in [-0.39, 0.29) is 12.4 Å². The second kappa shape index (κ2) is 7.28. The van der Waals surface area contributed by atoms with Crippen molar-refractivity contribution in [2.75, 3.05) is 25.6 Å². The van der Waals surface area contributed by atoms with Crippen LogP contribution < -0.4 is 0 Å². The number of nitrogens with one attached hydrogen (secondary N) is 1. The van der Waals surface area contributed by atoms with Crippen LogP contribution in [0.3, 0.4) is 0 Å². The zero-order valence-corrected chi connectivity index (χ0v) is 11.1. The number of rotatable bonds is 7. The molecule has 0 bridgehead atoms. The van der Waals surface area contributed by atoms with Crippen LogP contribution >= 0.6 is 11.8 Å². The second-order valence-electron chi connectivity index (χ2n) is 3.79. The molecule has 0 aliphatic heterocycles. The minimum Gasteiger partial charge on any atom is -0.394 e. The monoisotopic (exact) mass is 282 g/mol. The van der Waals surface area contributed by atoms with Crippen LogP contribution in [-0.4, -0.2) is 40.6 Å². The maximum Gasteiger partial charge on any atom is 0.165 e. The smallest absolute Gasteiger partial charge is 0.165 e. The summed E-state index contributed by atoms with van der Waals surface area (Å²) in [7, 11) is 0. The lowest BCUT2D eigenvalue weighted by Crippen LogP contribution is -2.02. The molecule has 0 saturated heterocycles. The fourth-order valence-electron chi connectivity index (χ4n) is 1.52. The zero-order chi connectivity index (χ0) is 13.5. The highest BCUT2D eigenvalue weighted by Crippen LogP contribution is 2.21. The molecule has 2 rings (SSSR count). The molecule has 4 nitrogen and oxygen atoms in total. The maximum atomic E-state index is 12.8. The molecular weight excluding hydrogens is 267 g/mol. The van der Waals surface area contributed by atoms with Gasteiger partial charge in [0.25, 0.3) is 0 Å². The summed E-state index contributed by atoms with van der Waals surface area (Å²) in [4.78, 5) is 7.41. The number of H-pyrrole nitrogens is 1. The first kappa shape index (κ1) is 14.0. The molecule has 0 fully saturated rings. The van der Waals surface area contributed by atoms with E-state index in [1.165, 1.54) is 12.1 Å². The standard InChI is InChI=1S/C13H15FN2O2S/c14-11-3-1-10(2-4-11)12-9-15-13(16-12)19-8-7-18-6-5-17/h1-4,9,17H,5-8H2,(H,15,16). The number of aliphatic hydroxyl groups is 1. The Labute approximate surface area is 115 Å². The number of hydrogen-bond donors (Lipinski definition) is 2. The molecule has 0 saturated carbocycles. The van der Waals surface area contributed by atoms with Crippen molar-refractivity contribution in [1.29, 1.82) is 0 Å². The van der Waals surface area contributed by atoms with Gasteiger partial charge in [-0.1, -0.05) is 11.8 Å². The molecule has 0 atom stereocenters. The van der Waals surface area contributed by atoms with Crippen LogP contribution in [0.25, 0.3) is 11.3 Å². The van der Waals surface area contributed by atoms with Crippen LogP contribution in [0.5, 0.6) is 0 Å². The first-order chi connectivity index (χ1) is 9.29. The van der Waals surface area contributed by atoms with Gasteiger partial charge in [0, 0.05) is 5.75 Å². The second-order valence-corrected chi connectivity index (χ2v) is 4.88. The van der Waals surface area contributed by atoms with Gasteiger partial charge >= 0.3 is 0 Å². The van der Waals surface area contributed by atoms with Gasteiger partial charge < -0.3 is 14.8 Å². The molecule has 0 unspecified atom stereocenters. The van der Waals surface area contributed by atoms with Gasteiger partial charge in [-0.3, -0.25) is 0 Å². The number of halogens is 1. The number of aromatic amines is 1. The van der Waals surface area contributed by atoms with Crippen molar-refractivity contribution in [3.63, 3.8) is 0 Å². The molecule has 19 heavy (non-hydrogen) atoms. The van der Waals surface area contributed by atoms with Crippen molar-refractivity contribution >= 4 is 11.8 Å². The molecule has 1 aromatic carbocycles. The van der Waals surface area contributed by atoms with Gasteiger partial charge in [0.2, 0.25) is 0 Å². The molecule has 1 heterocycles. The largest absolute Gasteiger partial charge is 0.394 e. The molecule has 0 spiro atoms. The lowest BCUT2D eigenvalue weighted by Gasteiger charge is -2.00.